The van der Waals surface area contributed by atoms with Crippen molar-refractivity contribution in [2.24, 2.45) is 0 Å². The van der Waals surface area contributed by atoms with Crippen molar-refractivity contribution in [1.29, 1.82) is 0 Å². The SMILES string of the molecule is CCCN(CCC)C(=O)/C=C(\C)c1cc2c(-c3cc(OC)ccc3OC)coc2c(C)c1OC. The maximum atomic E-state index is 13.0. The minimum atomic E-state index is 0.0166. The molecule has 0 aliphatic heterocycles. The lowest BCUT2D eigenvalue weighted by molar-refractivity contribution is -0.126. The summed E-state index contributed by atoms with van der Waals surface area (Å²) in [6.07, 6.45) is 5.29. The third-order valence-electron chi connectivity index (χ3n) is 6.01. The van der Waals surface area contributed by atoms with Crippen molar-refractivity contribution in [2.75, 3.05) is 34.4 Å². The molecule has 0 spiro atoms. The van der Waals surface area contributed by atoms with Gasteiger partial charge in [-0.25, -0.2) is 0 Å². The molecular weight excluding hydrogens is 430 g/mol. The summed E-state index contributed by atoms with van der Waals surface area (Å²) in [5.41, 5.74) is 5.06. The number of rotatable bonds is 10. The number of ether oxygens (including phenoxy) is 3. The molecule has 1 heterocycles. The predicted octanol–water partition coefficient (Wildman–Crippen LogP) is 6.49. The van der Waals surface area contributed by atoms with Gasteiger partial charge in [0.25, 0.3) is 0 Å². The fraction of sp³-hybridized carbons (Fsp3) is 0.393. The van der Waals surface area contributed by atoms with Gasteiger partial charge in [-0.05, 0) is 56.5 Å². The number of benzene rings is 2. The topological polar surface area (TPSA) is 61.1 Å². The van der Waals surface area contributed by atoms with Crippen molar-refractivity contribution in [3.8, 4) is 28.4 Å². The second-order valence-corrected chi connectivity index (χ2v) is 8.33. The molecule has 0 saturated heterocycles. The van der Waals surface area contributed by atoms with Gasteiger partial charge in [0.15, 0.2) is 0 Å². The lowest BCUT2D eigenvalue weighted by atomic mass is 9.96. The van der Waals surface area contributed by atoms with Gasteiger partial charge in [0.2, 0.25) is 5.91 Å². The highest BCUT2D eigenvalue weighted by Gasteiger charge is 2.21. The number of aryl methyl sites for hydroxylation is 1. The number of carbonyl (C=O) groups is 1. The van der Waals surface area contributed by atoms with Crippen molar-refractivity contribution in [2.45, 2.75) is 40.5 Å². The van der Waals surface area contributed by atoms with Gasteiger partial charge in [0.05, 0.1) is 27.6 Å². The first-order valence-electron chi connectivity index (χ1n) is 11.7. The molecule has 0 saturated carbocycles. The van der Waals surface area contributed by atoms with Crippen LogP contribution in [0.25, 0.3) is 27.7 Å². The van der Waals surface area contributed by atoms with E-state index in [1.807, 2.05) is 43.0 Å². The van der Waals surface area contributed by atoms with Crippen LogP contribution in [0.4, 0.5) is 0 Å². The Labute approximate surface area is 202 Å². The number of methoxy groups -OCH3 is 3. The minimum Gasteiger partial charge on any atom is -0.497 e. The number of fused-ring (bicyclic) bond motifs is 1. The Morgan fingerprint density at radius 3 is 2.29 bits per heavy atom. The van der Waals surface area contributed by atoms with E-state index < -0.39 is 0 Å². The summed E-state index contributed by atoms with van der Waals surface area (Å²) >= 11 is 0. The van der Waals surface area contributed by atoms with Crippen LogP contribution in [0.15, 0.2) is 41.0 Å². The van der Waals surface area contributed by atoms with Crippen molar-refractivity contribution >= 4 is 22.4 Å². The molecule has 0 aliphatic rings. The zero-order valence-electron chi connectivity index (χ0n) is 21.3. The summed E-state index contributed by atoms with van der Waals surface area (Å²) in [4.78, 5) is 14.9. The third-order valence-corrected chi connectivity index (χ3v) is 6.01. The molecule has 2 aromatic carbocycles. The van der Waals surface area contributed by atoms with E-state index in [2.05, 4.69) is 13.8 Å². The van der Waals surface area contributed by atoms with E-state index in [0.29, 0.717) is 5.75 Å². The first-order valence-corrected chi connectivity index (χ1v) is 11.7. The Morgan fingerprint density at radius 2 is 1.71 bits per heavy atom. The zero-order valence-corrected chi connectivity index (χ0v) is 21.3. The van der Waals surface area contributed by atoms with E-state index in [1.165, 1.54) is 0 Å². The smallest absolute Gasteiger partial charge is 0.246 e. The van der Waals surface area contributed by atoms with Crippen molar-refractivity contribution in [3.63, 3.8) is 0 Å². The minimum absolute atomic E-state index is 0.0166. The Balaban J connectivity index is 2.18. The summed E-state index contributed by atoms with van der Waals surface area (Å²) in [5.74, 6) is 2.16. The highest BCUT2D eigenvalue weighted by atomic mass is 16.5. The monoisotopic (exact) mass is 465 g/mol. The van der Waals surface area contributed by atoms with Gasteiger partial charge in [-0.2, -0.15) is 0 Å². The van der Waals surface area contributed by atoms with Crippen LogP contribution in [0, 0.1) is 6.92 Å². The summed E-state index contributed by atoms with van der Waals surface area (Å²) < 4.78 is 22.8. The van der Waals surface area contributed by atoms with Crippen LogP contribution in [0.2, 0.25) is 0 Å². The van der Waals surface area contributed by atoms with Crippen molar-refractivity contribution < 1.29 is 23.4 Å². The second-order valence-electron chi connectivity index (χ2n) is 8.33. The lowest BCUT2D eigenvalue weighted by Crippen LogP contribution is -2.31. The molecule has 0 unspecified atom stereocenters. The average molecular weight is 466 g/mol. The summed E-state index contributed by atoms with van der Waals surface area (Å²) in [5, 5.41) is 0.916. The van der Waals surface area contributed by atoms with Crippen LogP contribution in [-0.2, 0) is 4.79 Å². The Morgan fingerprint density at radius 1 is 1.00 bits per heavy atom. The Kier molecular flexibility index (Phi) is 8.26. The summed E-state index contributed by atoms with van der Waals surface area (Å²) in [6.45, 7) is 9.57. The van der Waals surface area contributed by atoms with Crippen molar-refractivity contribution in [3.05, 3.63) is 47.7 Å². The van der Waals surface area contributed by atoms with Gasteiger partial charge >= 0.3 is 0 Å². The molecule has 1 amide bonds. The lowest BCUT2D eigenvalue weighted by Gasteiger charge is -2.20. The molecule has 0 aliphatic carbocycles. The van der Waals surface area contributed by atoms with Gasteiger partial charge in [-0.3, -0.25) is 4.79 Å². The largest absolute Gasteiger partial charge is 0.497 e. The van der Waals surface area contributed by atoms with E-state index in [9.17, 15) is 4.79 Å². The maximum absolute atomic E-state index is 13.0. The summed E-state index contributed by atoms with van der Waals surface area (Å²) in [7, 11) is 4.92. The van der Waals surface area contributed by atoms with E-state index in [-0.39, 0.29) is 5.91 Å². The van der Waals surface area contributed by atoms with Crippen LogP contribution < -0.4 is 14.2 Å². The molecule has 0 N–H and O–H groups in total. The van der Waals surface area contributed by atoms with Crippen molar-refractivity contribution in [1.82, 2.24) is 4.90 Å². The van der Waals surface area contributed by atoms with Crippen LogP contribution in [0.3, 0.4) is 0 Å². The number of hydrogen-bond acceptors (Lipinski definition) is 5. The molecule has 0 fully saturated rings. The Hall–Kier alpha value is -3.41. The van der Waals surface area contributed by atoms with Crippen LogP contribution in [0.5, 0.6) is 17.2 Å². The van der Waals surface area contributed by atoms with Gasteiger partial charge in [-0.1, -0.05) is 13.8 Å². The maximum Gasteiger partial charge on any atom is 0.246 e. The number of hydrogen-bond donors (Lipinski definition) is 0. The Bertz CT molecular complexity index is 1190. The normalized spacial score (nSPS) is 11.6. The van der Waals surface area contributed by atoms with Gasteiger partial charge in [0, 0.05) is 46.8 Å². The van der Waals surface area contributed by atoms with Gasteiger partial charge < -0.3 is 23.5 Å². The quantitative estimate of drug-likeness (QED) is 0.321. The average Bonchev–Trinajstić information content (AvgIpc) is 3.27. The van der Waals surface area contributed by atoms with Crippen LogP contribution >= 0.6 is 0 Å². The van der Waals surface area contributed by atoms with Gasteiger partial charge in [0.1, 0.15) is 22.8 Å². The predicted molar refractivity (Wildman–Crippen MR) is 137 cm³/mol. The first-order chi connectivity index (χ1) is 16.4. The fourth-order valence-corrected chi connectivity index (χ4v) is 4.33. The molecule has 3 rings (SSSR count). The molecule has 0 bridgehead atoms. The highest BCUT2D eigenvalue weighted by molar-refractivity contribution is 6.02. The number of furan rings is 1. The van der Waals surface area contributed by atoms with Crippen LogP contribution in [0.1, 0.15) is 44.7 Å². The molecule has 182 valence electrons. The number of carbonyl (C=O) groups excluding carboxylic acids is 1. The fourth-order valence-electron chi connectivity index (χ4n) is 4.33. The highest BCUT2D eigenvalue weighted by Crippen LogP contribution is 2.43. The van der Waals surface area contributed by atoms with E-state index in [4.69, 9.17) is 18.6 Å². The van der Waals surface area contributed by atoms with E-state index in [1.54, 1.807) is 33.7 Å². The standard InChI is InChI=1S/C28H35NO5/c1-8-12-29(13-9-2)26(30)14-18(3)21-16-23-24(17-34-28(23)19(4)27(21)33-7)22-15-20(31-5)10-11-25(22)32-6/h10-11,14-17H,8-9,12-13H2,1-7H3/b18-14+. The van der Waals surface area contributed by atoms with E-state index >= 15 is 0 Å². The van der Waals surface area contributed by atoms with Crippen LogP contribution in [-0.4, -0.2) is 45.2 Å². The molecule has 6 nitrogen and oxygen atoms in total. The second kappa shape index (κ2) is 11.1. The third kappa shape index (κ3) is 4.91. The van der Waals surface area contributed by atoms with Gasteiger partial charge in [-0.15, -0.1) is 0 Å². The summed E-state index contributed by atoms with van der Waals surface area (Å²) in [6, 6.07) is 7.70. The molecule has 0 radical (unpaired) electrons. The molecule has 34 heavy (non-hydrogen) atoms. The number of nitrogens with zero attached hydrogens (tertiary/aromatic N) is 1. The molecule has 6 heteroatoms. The first kappa shape index (κ1) is 25.2. The molecule has 3 aromatic rings. The number of allylic oxidation sites excluding steroid dienone is 1. The van der Waals surface area contributed by atoms with E-state index in [0.717, 1.165) is 76.2 Å². The number of amides is 1. The zero-order chi connectivity index (χ0) is 24.8. The molecular formula is C28H35NO5. The molecule has 0 atom stereocenters. The molecule has 1 aromatic heterocycles.